The predicted molar refractivity (Wildman–Crippen MR) is 72.0 cm³/mol. The number of hydrogen-bond donors (Lipinski definition) is 3. The molecule has 0 saturated carbocycles. The summed E-state index contributed by atoms with van der Waals surface area (Å²) >= 11 is 0. The molecule has 5 nitrogen and oxygen atoms in total. The molecule has 1 unspecified atom stereocenters. The summed E-state index contributed by atoms with van der Waals surface area (Å²) < 4.78 is 0. The Morgan fingerprint density at radius 1 is 1.10 bits per heavy atom. The number of aliphatic hydroxyl groups is 1. The summed E-state index contributed by atoms with van der Waals surface area (Å²) in [5.74, 6) is -1.92. The molecule has 1 aromatic carbocycles. The van der Waals surface area contributed by atoms with Crippen molar-refractivity contribution < 1.29 is 24.9 Å². The SMILES string of the molecule is CCCCC(O)C1=CC(=O)c2c(O)ccc(O)c2C1=O. The van der Waals surface area contributed by atoms with Crippen LogP contribution in [0.15, 0.2) is 23.8 Å². The van der Waals surface area contributed by atoms with Crippen molar-refractivity contribution >= 4 is 11.6 Å². The van der Waals surface area contributed by atoms with Crippen molar-refractivity contribution in [2.75, 3.05) is 0 Å². The first-order valence-corrected chi connectivity index (χ1v) is 6.51. The van der Waals surface area contributed by atoms with Crippen LogP contribution in [0.1, 0.15) is 46.9 Å². The minimum atomic E-state index is -1.04. The van der Waals surface area contributed by atoms with Crippen molar-refractivity contribution in [1.29, 1.82) is 0 Å². The van der Waals surface area contributed by atoms with Crippen molar-refractivity contribution in [3.63, 3.8) is 0 Å². The number of Topliss-reactive ketones (excluding diaryl/α,β-unsaturated/α-hetero) is 1. The van der Waals surface area contributed by atoms with Gasteiger partial charge in [0.25, 0.3) is 0 Å². The summed E-state index contributed by atoms with van der Waals surface area (Å²) in [6.07, 6.45) is 1.95. The maximum Gasteiger partial charge on any atom is 0.196 e. The fraction of sp³-hybridized carbons (Fsp3) is 0.333. The van der Waals surface area contributed by atoms with Gasteiger partial charge in [-0.3, -0.25) is 9.59 Å². The molecule has 3 N–H and O–H groups in total. The lowest BCUT2D eigenvalue weighted by Crippen LogP contribution is -2.25. The monoisotopic (exact) mass is 276 g/mol. The molecule has 0 fully saturated rings. The van der Waals surface area contributed by atoms with E-state index in [1.165, 1.54) is 0 Å². The number of hydrogen-bond acceptors (Lipinski definition) is 5. The number of phenols is 2. The van der Waals surface area contributed by atoms with Crippen molar-refractivity contribution in [2.45, 2.75) is 32.3 Å². The van der Waals surface area contributed by atoms with Crippen molar-refractivity contribution in [2.24, 2.45) is 0 Å². The molecule has 1 atom stereocenters. The number of carbonyl (C=O) groups is 2. The van der Waals surface area contributed by atoms with Gasteiger partial charge in [-0.2, -0.15) is 0 Å². The molecule has 0 saturated heterocycles. The van der Waals surface area contributed by atoms with Crippen LogP contribution in [0.4, 0.5) is 0 Å². The van der Waals surface area contributed by atoms with Crippen molar-refractivity contribution in [3.05, 3.63) is 34.9 Å². The molecule has 2 rings (SSSR count). The highest BCUT2D eigenvalue weighted by molar-refractivity contribution is 6.26. The molecule has 1 aliphatic carbocycles. The summed E-state index contributed by atoms with van der Waals surface area (Å²) in [6, 6.07) is 2.31. The second-order valence-electron chi connectivity index (χ2n) is 4.80. The van der Waals surface area contributed by atoms with Crippen LogP contribution in [0.5, 0.6) is 11.5 Å². The Hall–Kier alpha value is -2.14. The van der Waals surface area contributed by atoms with E-state index in [4.69, 9.17) is 0 Å². The van der Waals surface area contributed by atoms with E-state index in [0.29, 0.717) is 6.42 Å². The number of unbranched alkanes of at least 4 members (excludes halogenated alkanes) is 1. The molecular weight excluding hydrogens is 260 g/mol. The number of phenolic OH excluding ortho intramolecular Hbond substituents is 2. The Balaban J connectivity index is 2.45. The number of carbonyl (C=O) groups excluding carboxylic acids is 2. The Labute approximate surface area is 116 Å². The zero-order valence-corrected chi connectivity index (χ0v) is 11.1. The predicted octanol–water partition coefficient (Wildman–Crippen LogP) is 1.95. The molecule has 5 heteroatoms. The molecule has 0 amide bonds. The summed E-state index contributed by atoms with van der Waals surface area (Å²) in [5.41, 5.74) is -0.471. The van der Waals surface area contributed by atoms with Crippen LogP contribution >= 0.6 is 0 Å². The van der Waals surface area contributed by atoms with Crippen LogP contribution in [0, 0.1) is 0 Å². The Morgan fingerprint density at radius 2 is 1.70 bits per heavy atom. The third kappa shape index (κ3) is 2.32. The summed E-state index contributed by atoms with van der Waals surface area (Å²) in [7, 11) is 0. The van der Waals surface area contributed by atoms with Gasteiger partial charge in [0.05, 0.1) is 17.2 Å². The number of aliphatic hydroxyl groups excluding tert-OH is 1. The highest BCUT2D eigenvalue weighted by Gasteiger charge is 2.33. The molecule has 1 aromatic rings. The zero-order chi connectivity index (χ0) is 14.9. The number of fused-ring (bicyclic) bond motifs is 1. The van der Waals surface area contributed by atoms with Gasteiger partial charge >= 0.3 is 0 Å². The van der Waals surface area contributed by atoms with Crippen molar-refractivity contribution in [1.82, 2.24) is 0 Å². The molecule has 0 aliphatic heterocycles. The van der Waals surface area contributed by atoms with Gasteiger partial charge in [-0.05, 0) is 24.6 Å². The lowest BCUT2D eigenvalue weighted by Gasteiger charge is -2.20. The first-order chi connectivity index (χ1) is 9.47. The number of allylic oxidation sites excluding steroid dienone is 1. The van der Waals surface area contributed by atoms with E-state index < -0.39 is 17.7 Å². The van der Waals surface area contributed by atoms with Crippen LogP contribution in [0.2, 0.25) is 0 Å². The fourth-order valence-electron chi connectivity index (χ4n) is 2.28. The molecule has 20 heavy (non-hydrogen) atoms. The van der Waals surface area contributed by atoms with E-state index in [9.17, 15) is 24.9 Å². The second-order valence-corrected chi connectivity index (χ2v) is 4.80. The normalized spacial score (nSPS) is 15.8. The molecule has 0 bridgehead atoms. The van der Waals surface area contributed by atoms with Crippen LogP contribution < -0.4 is 0 Å². The minimum absolute atomic E-state index is 0.0307. The van der Waals surface area contributed by atoms with Gasteiger partial charge < -0.3 is 15.3 Å². The van der Waals surface area contributed by atoms with Gasteiger partial charge in [0.2, 0.25) is 0 Å². The fourth-order valence-corrected chi connectivity index (χ4v) is 2.28. The van der Waals surface area contributed by atoms with Crippen LogP contribution in [-0.2, 0) is 0 Å². The maximum absolute atomic E-state index is 12.3. The lowest BCUT2D eigenvalue weighted by atomic mass is 9.85. The van der Waals surface area contributed by atoms with E-state index in [1.807, 2.05) is 6.92 Å². The standard InChI is InChI=1S/C15H16O5/c1-2-3-4-9(16)8-7-12(19)13-10(17)5-6-11(18)14(13)15(8)20/h5-7,9,16-18H,2-4H2,1H3. The second kappa shape index (κ2) is 5.46. The van der Waals surface area contributed by atoms with E-state index in [0.717, 1.165) is 31.1 Å². The van der Waals surface area contributed by atoms with Gasteiger partial charge in [-0.1, -0.05) is 19.8 Å². The summed E-state index contributed by atoms with van der Waals surface area (Å²) in [5, 5.41) is 29.4. The minimum Gasteiger partial charge on any atom is -0.507 e. The average Bonchev–Trinajstić information content (AvgIpc) is 2.42. The van der Waals surface area contributed by atoms with Crippen molar-refractivity contribution in [3.8, 4) is 11.5 Å². The van der Waals surface area contributed by atoms with Gasteiger partial charge in [0.1, 0.15) is 11.5 Å². The molecule has 0 heterocycles. The number of aromatic hydroxyl groups is 2. The third-order valence-corrected chi connectivity index (χ3v) is 3.37. The highest BCUT2D eigenvalue weighted by Crippen LogP contribution is 2.35. The van der Waals surface area contributed by atoms with E-state index in [1.54, 1.807) is 0 Å². The van der Waals surface area contributed by atoms with Crippen LogP contribution in [-0.4, -0.2) is 33.0 Å². The van der Waals surface area contributed by atoms with Crippen LogP contribution in [0.3, 0.4) is 0 Å². The Morgan fingerprint density at radius 3 is 2.30 bits per heavy atom. The van der Waals surface area contributed by atoms with Crippen LogP contribution in [0.25, 0.3) is 0 Å². The van der Waals surface area contributed by atoms with Gasteiger partial charge in [-0.15, -0.1) is 0 Å². The third-order valence-electron chi connectivity index (χ3n) is 3.37. The largest absolute Gasteiger partial charge is 0.507 e. The first-order valence-electron chi connectivity index (χ1n) is 6.51. The van der Waals surface area contributed by atoms with Gasteiger partial charge in [-0.25, -0.2) is 0 Å². The Bertz CT molecular complexity index is 601. The maximum atomic E-state index is 12.3. The van der Waals surface area contributed by atoms with E-state index >= 15 is 0 Å². The average molecular weight is 276 g/mol. The molecule has 0 aromatic heterocycles. The molecule has 0 radical (unpaired) electrons. The van der Waals surface area contributed by atoms with E-state index in [2.05, 4.69) is 0 Å². The Kier molecular flexibility index (Phi) is 3.90. The molecule has 106 valence electrons. The summed E-state index contributed by atoms with van der Waals surface area (Å²) in [4.78, 5) is 24.3. The topological polar surface area (TPSA) is 94.8 Å². The van der Waals surface area contributed by atoms with E-state index in [-0.39, 0.29) is 28.2 Å². The smallest absolute Gasteiger partial charge is 0.196 e. The first kappa shape index (κ1) is 14.3. The summed E-state index contributed by atoms with van der Waals surface area (Å²) in [6.45, 7) is 1.95. The molecular formula is C15H16O5. The highest BCUT2D eigenvalue weighted by atomic mass is 16.3. The number of ketones is 2. The quantitative estimate of drug-likeness (QED) is 0.731. The molecule has 0 spiro atoms. The lowest BCUT2D eigenvalue weighted by molar-refractivity contribution is 0.0937. The number of benzene rings is 1. The molecule has 1 aliphatic rings. The number of rotatable bonds is 4. The zero-order valence-electron chi connectivity index (χ0n) is 11.1. The van der Waals surface area contributed by atoms with Gasteiger partial charge in [0, 0.05) is 5.57 Å². The van der Waals surface area contributed by atoms with Gasteiger partial charge in [0.15, 0.2) is 11.6 Å².